The summed E-state index contributed by atoms with van der Waals surface area (Å²) in [5.74, 6) is 0. The van der Waals surface area contributed by atoms with Crippen molar-refractivity contribution in [3.8, 4) is 0 Å². The van der Waals surface area contributed by atoms with E-state index in [-0.39, 0.29) is 17.5 Å². The van der Waals surface area contributed by atoms with Crippen LogP contribution in [0.4, 0.5) is 0 Å². The maximum atomic E-state index is 12.4. The molecule has 108 valence electrons. The second kappa shape index (κ2) is 6.04. The van der Waals surface area contributed by atoms with Gasteiger partial charge in [0.05, 0.1) is 11.1 Å². The topological polar surface area (TPSA) is 101 Å². The Morgan fingerprint density at radius 2 is 2.25 bits per heavy atom. The Bertz CT molecular complexity index is 685. The summed E-state index contributed by atoms with van der Waals surface area (Å²) in [6.45, 7) is 2.04. The minimum Gasteiger partial charge on any atom is -0.326 e. The molecular weight excluding hydrogens is 344 g/mol. The first-order chi connectivity index (χ1) is 9.44. The van der Waals surface area contributed by atoms with Gasteiger partial charge >= 0.3 is 0 Å². The van der Waals surface area contributed by atoms with Gasteiger partial charge < -0.3 is 5.73 Å². The van der Waals surface area contributed by atoms with Crippen molar-refractivity contribution in [3.63, 3.8) is 0 Å². The zero-order valence-electron chi connectivity index (χ0n) is 10.8. The van der Waals surface area contributed by atoms with Gasteiger partial charge in [-0.15, -0.1) is 0 Å². The summed E-state index contributed by atoms with van der Waals surface area (Å²) < 4.78 is 27.9. The van der Waals surface area contributed by atoms with Crippen molar-refractivity contribution in [1.82, 2.24) is 14.9 Å². The van der Waals surface area contributed by atoms with Crippen LogP contribution in [0.5, 0.6) is 0 Å². The number of nitrogens with zero attached hydrogens (tertiary/aromatic N) is 1. The molecule has 6 nitrogen and oxygen atoms in total. The van der Waals surface area contributed by atoms with Crippen LogP contribution in [0.1, 0.15) is 24.1 Å². The third-order valence-corrected chi connectivity index (χ3v) is 5.41. The molecule has 1 aromatic heterocycles. The lowest BCUT2D eigenvalue weighted by Crippen LogP contribution is -2.27. The number of hydrogen-bond acceptors (Lipinski definition) is 4. The Balaban J connectivity index is 2.31. The van der Waals surface area contributed by atoms with Crippen LogP contribution in [0.3, 0.4) is 0 Å². The van der Waals surface area contributed by atoms with E-state index in [9.17, 15) is 8.42 Å². The van der Waals surface area contributed by atoms with Gasteiger partial charge in [0.2, 0.25) is 10.0 Å². The highest BCUT2D eigenvalue weighted by atomic mass is 79.9. The summed E-state index contributed by atoms with van der Waals surface area (Å²) in [5, 5.41) is 6.46. The lowest BCUT2D eigenvalue weighted by Gasteiger charge is -2.14. The van der Waals surface area contributed by atoms with E-state index in [1.54, 1.807) is 37.5 Å². The third-order valence-electron chi connectivity index (χ3n) is 2.87. The SMILES string of the molecule is CC(NS(=O)(=O)c1cc(CN)ccc1Br)c1cn[nH]c1. The summed E-state index contributed by atoms with van der Waals surface area (Å²) >= 11 is 3.26. The summed E-state index contributed by atoms with van der Waals surface area (Å²) in [5.41, 5.74) is 7.07. The van der Waals surface area contributed by atoms with Crippen molar-refractivity contribution in [1.29, 1.82) is 0 Å². The number of halogens is 1. The highest BCUT2D eigenvalue weighted by molar-refractivity contribution is 9.10. The average Bonchev–Trinajstić information content (AvgIpc) is 2.92. The van der Waals surface area contributed by atoms with E-state index in [4.69, 9.17) is 5.73 Å². The molecule has 0 saturated carbocycles. The average molecular weight is 359 g/mol. The van der Waals surface area contributed by atoms with Crippen molar-refractivity contribution < 1.29 is 8.42 Å². The number of aromatic nitrogens is 2. The van der Waals surface area contributed by atoms with Crippen LogP contribution in [-0.4, -0.2) is 18.6 Å². The van der Waals surface area contributed by atoms with E-state index in [1.165, 1.54) is 0 Å². The second-order valence-corrected chi connectivity index (χ2v) is 6.88. The monoisotopic (exact) mass is 358 g/mol. The molecule has 0 saturated heterocycles. The van der Waals surface area contributed by atoms with Gasteiger partial charge in [0.1, 0.15) is 0 Å². The fourth-order valence-corrected chi connectivity index (χ4v) is 3.99. The molecule has 0 amide bonds. The molecule has 0 radical (unpaired) electrons. The predicted molar refractivity (Wildman–Crippen MR) is 79.4 cm³/mol. The molecule has 2 aromatic rings. The van der Waals surface area contributed by atoms with E-state index in [2.05, 4.69) is 30.8 Å². The van der Waals surface area contributed by atoms with Crippen molar-refractivity contribution in [2.24, 2.45) is 5.73 Å². The molecule has 4 N–H and O–H groups in total. The number of aromatic amines is 1. The van der Waals surface area contributed by atoms with Gasteiger partial charge in [0.25, 0.3) is 0 Å². The molecule has 0 fully saturated rings. The number of rotatable bonds is 5. The van der Waals surface area contributed by atoms with Gasteiger partial charge in [-0.2, -0.15) is 5.10 Å². The zero-order chi connectivity index (χ0) is 14.8. The van der Waals surface area contributed by atoms with Crippen LogP contribution < -0.4 is 10.5 Å². The van der Waals surface area contributed by atoms with Gasteiger partial charge in [-0.25, -0.2) is 13.1 Å². The lowest BCUT2D eigenvalue weighted by molar-refractivity contribution is 0.566. The molecule has 0 spiro atoms. The van der Waals surface area contributed by atoms with E-state index >= 15 is 0 Å². The first-order valence-electron chi connectivity index (χ1n) is 5.93. The first kappa shape index (κ1) is 15.2. The Hall–Kier alpha value is -1.22. The van der Waals surface area contributed by atoms with Crippen molar-refractivity contribution >= 4 is 26.0 Å². The Morgan fingerprint density at radius 1 is 1.50 bits per heavy atom. The number of nitrogens with one attached hydrogen (secondary N) is 2. The van der Waals surface area contributed by atoms with Crippen LogP contribution in [0, 0.1) is 0 Å². The van der Waals surface area contributed by atoms with Gasteiger partial charge in [0, 0.05) is 28.8 Å². The smallest absolute Gasteiger partial charge is 0.242 e. The molecular formula is C12H15BrN4O2S. The van der Waals surface area contributed by atoms with Gasteiger partial charge in [-0.3, -0.25) is 5.10 Å². The number of benzene rings is 1. The quantitative estimate of drug-likeness (QED) is 0.756. The highest BCUT2D eigenvalue weighted by Crippen LogP contribution is 2.24. The fourth-order valence-electron chi connectivity index (χ4n) is 1.74. The fraction of sp³-hybridized carbons (Fsp3) is 0.250. The molecule has 1 atom stereocenters. The van der Waals surface area contributed by atoms with Crippen LogP contribution in [0.2, 0.25) is 0 Å². The van der Waals surface area contributed by atoms with Crippen molar-refractivity contribution in [3.05, 3.63) is 46.2 Å². The minimum absolute atomic E-state index is 0.177. The lowest BCUT2D eigenvalue weighted by atomic mass is 10.2. The molecule has 8 heteroatoms. The van der Waals surface area contributed by atoms with E-state index < -0.39 is 10.0 Å². The molecule has 1 unspecified atom stereocenters. The normalized spacial score (nSPS) is 13.3. The van der Waals surface area contributed by atoms with Crippen LogP contribution in [-0.2, 0) is 16.6 Å². The molecule has 1 aromatic carbocycles. The minimum atomic E-state index is -3.64. The van der Waals surface area contributed by atoms with E-state index in [1.807, 2.05) is 0 Å². The van der Waals surface area contributed by atoms with Crippen molar-refractivity contribution in [2.45, 2.75) is 24.4 Å². The molecule has 1 heterocycles. The van der Waals surface area contributed by atoms with Gasteiger partial charge in [-0.1, -0.05) is 6.07 Å². The van der Waals surface area contributed by atoms with Gasteiger partial charge in [0.15, 0.2) is 0 Å². The maximum absolute atomic E-state index is 12.4. The number of H-pyrrole nitrogens is 1. The molecule has 0 bridgehead atoms. The Morgan fingerprint density at radius 3 is 2.85 bits per heavy atom. The van der Waals surface area contributed by atoms with Crippen molar-refractivity contribution in [2.75, 3.05) is 0 Å². The Kier molecular flexibility index (Phi) is 4.59. The third kappa shape index (κ3) is 3.26. The molecule has 0 aliphatic heterocycles. The summed E-state index contributed by atoms with van der Waals surface area (Å²) in [6, 6.07) is 4.64. The standard InChI is InChI=1S/C12H15BrN4O2S/c1-8(10-6-15-16-7-10)17-20(18,19)12-4-9(5-14)2-3-11(12)13/h2-4,6-8,17H,5,14H2,1H3,(H,15,16). The summed E-state index contributed by atoms with van der Waals surface area (Å²) in [4.78, 5) is 0.177. The summed E-state index contributed by atoms with van der Waals surface area (Å²) in [6.07, 6.45) is 3.23. The maximum Gasteiger partial charge on any atom is 0.242 e. The second-order valence-electron chi connectivity index (χ2n) is 4.34. The Labute approximate surface area is 125 Å². The zero-order valence-corrected chi connectivity index (χ0v) is 13.2. The number of hydrogen-bond donors (Lipinski definition) is 3. The largest absolute Gasteiger partial charge is 0.326 e. The van der Waals surface area contributed by atoms with Gasteiger partial charge in [-0.05, 0) is 40.5 Å². The molecule has 0 aliphatic rings. The first-order valence-corrected chi connectivity index (χ1v) is 8.21. The summed E-state index contributed by atoms with van der Waals surface area (Å²) in [7, 11) is -3.64. The van der Waals surface area contributed by atoms with Crippen LogP contribution >= 0.6 is 15.9 Å². The molecule has 20 heavy (non-hydrogen) atoms. The van der Waals surface area contributed by atoms with E-state index in [0.717, 1.165) is 11.1 Å². The van der Waals surface area contributed by atoms with Crippen LogP contribution in [0.15, 0.2) is 40.0 Å². The molecule has 0 aliphatic carbocycles. The predicted octanol–water partition coefficient (Wildman–Crippen LogP) is 1.67. The number of nitrogens with two attached hydrogens (primary N) is 1. The van der Waals surface area contributed by atoms with Crippen LogP contribution in [0.25, 0.3) is 0 Å². The highest BCUT2D eigenvalue weighted by Gasteiger charge is 2.21. The molecule has 2 rings (SSSR count). The number of sulfonamides is 1. The van der Waals surface area contributed by atoms with E-state index in [0.29, 0.717) is 4.47 Å².